The average molecular weight is 351 g/mol. The van der Waals surface area contributed by atoms with E-state index in [2.05, 4.69) is 15.9 Å². The van der Waals surface area contributed by atoms with Gasteiger partial charge in [-0.25, -0.2) is 8.42 Å². The molecule has 0 radical (unpaired) electrons. The van der Waals surface area contributed by atoms with Crippen LogP contribution in [0.4, 0.5) is 5.69 Å². The minimum atomic E-state index is -3.76. The number of sulfone groups is 1. The van der Waals surface area contributed by atoms with E-state index in [1.54, 1.807) is 12.1 Å². The summed E-state index contributed by atoms with van der Waals surface area (Å²) in [6, 6.07) is 12.9. The Bertz CT molecular complexity index is 795. The third-order valence-electron chi connectivity index (χ3n) is 2.82. The SMILES string of the molecule is N#Cc1c(N)cccc1S(=O)(=O)c1cccc(CBr)c1. The summed E-state index contributed by atoms with van der Waals surface area (Å²) in [6.07, 6.45) is 0. The Labute approximate surface area is 125 Å². The number of nitrogens with zero attached hydrogens (tertiary/aromatic N) is 1. The lowest BCUT2D eigenvalue weighted by molar-refractivity contribution is 0.596. The summed E-state index contributed by atoms with van der Waals surface area (Å²) >= 11 is 3.29. The Hall–Kier alpha value is -1.84. The highest BCUT2D eigenvalue weighted by Crippen LogP contribution is 2.27. The molecule has 0 aliphatic rings. The molecule has 0 aromatic heterocycles. The van der Waals surface area contributed by atoms with Gasteiger partial charge < -0.3 is 5.73 Å². The highest BCUT2D eigenvalue weighted by Gasteiger charge is 2.22. The van der Waals surface area contributed by atoms with Crippen LogP contribution >= 0.6 is 15.9 Å². The van der Waals surface area contributed by atoms with Crippen LogP contribution in [0.2, 0.25) is 0 Å². The fourth-order valence-corrected chi connectivity index (χ4v) is 3.67. The molecular formula is C14H11BrN2O2S. The number of nitriles is 1. The number of anilines is 1. The van der Waals surface area contributed by atoms with E-state index in [0.717, 1.165) is 5.56 Å². The van der Waals surface area contributed by atoms with Gasteiger partial charge >= 0.3 is 0 Å². The molecule has 0 saturated heterocycles. The molecule has 0 heterocycles. The second-order valence-electron chi connectivity index (χ2n) is 4.12. The standard InChI is InChI=1S/C14H11BrN2O2S/c15-8-10-3-1-4-11(7-10)20(18,19)14-6-2-5-13(17)12(14)9-16/h1-7H,8,17H2. The highest BCUT2D eigenvalue weighted by molar-refractivity contribution is 9.08. The third-order valence-corrected chi connectivity index (χ3v) is 5.26. The predicted octanol–water partition coefficient (Wildman–Crippen LogP) is 2.87. The number of alkyl halides is 1. The lowest BCUT2D eigenvalue weighted by Gasteiger charge is -2.09. The Kier molecular flexibility index (Phi) is 4.12. The van der Waals surface area contributed by atoms with E-state index in [1.807, 2.05) is 12.1 Å². The van der Waals surface area contributed by atoms with Gasteiger partial charge in [-0.2, -0.15) is 5.26 Å². The molecule has 0 atom stereocenters. The number of benzene rings is 2. The fraction of sp³-hybridized carbons (Fsp3) is 0.0714. The first-order valence-electron chi connectivity index (χ1n) is 5.69. The molecule has 2 rings (SSSR count). The molecule has 0 spiro atoms. The van der Waals surface area contributed by atoms with Gasteiger partial charge in [0.25, 0.3) is 0 Å². The topological polar surface area (TPSA) is 83.9 Å². The van der Waals surface area contributed by atoms with E-state index in [1.165, 1.54) is 24.3 Å². The van der Waals surface area contributed by atoms with Gasteiger partial charge in [-0.15, -0.1) is 0 Å². The van der Waals surface area contributed by atoms with Gasteiger partial charge in [-0.05, 0) is 29.8 Å². The molecule has 0 saturated carbocycles. The number of hydrogen-bond acceptors (Lipinski definition) is 4. The van der Waals surface area contributed by atoms with Crippen LogP contribution in [0.25, 0.3) is 0 Å². The normalized spacial score (nSPS) is 11.0. The van der Waals surface area contributed by atoms with Crippen molar-refractivity contribution in [3.8, 4) is 6.07 Å². The first-order valence-corrected chi connectivity index (χ1v) is 8.29. The number of nitrogen functional groups attached to an aromatic ring is 1. The van der Waals surface area contributed by atoms with Crippen LogP contribution in [0.15, 0.2) is 52.3 Å². The van der Waals surface area contributed by atoms with Crippen LogP contribution in [0.1, 0.15) is 11.1 Å². The quantitative estimate of drug-likeness (QED) is 0.681. The average Bonchev–Trinajstić information content (AvgIpc) is 2.47. The van der Waals surface area contributed by atoms with Crippen LogP contribution in [0, 0.1) is 11.3 Å². The summed E-state index contributed by atoms with van der Waals surface area (Å²) in [5.74, 6) is 0. The zero-order chi connectivity index (χ0) is 14.8. The highest BCUT2D eigenvalue weighted by atomic mass is 79.9. The molecule has 0 unspecified atom stereocenters. The first kappa shape index (κ1) is 14.6. The van der Waals surface area contributed by atoms with E-state index in [9.17, 15) is 8.42 Å². The summed E-state index contributed by atoms with van der Waals surface area (Å²) in [5.41, 5.74) is 6.65. The van der Waals surface area contributed by atoms with Crippen molar-refractivity contribution in [3.63, 3.8) is 0 Å². The molecule has 0 aliphatic heterocycles. The minimum absolute atomic E-state index is 0.0169. The van der Waals surface area contributed by atoms with E-state index >= 15 is 0 Å². The molecule has 102 valence electrons. The maximum atomic E-state index is 12.6. The maximum Gasteiger partial charge on any atom is 0.207 e. The van der Waals surface area contributed by atoms with Crippen LogP contribution in [0.5, 0.6) is 0 Å². The van der Waals surface area contributed by atoms with Gasteiger partial charge in [0.1, 0.15) is 6.07 Å². The largest absolute Gasteiger partial charge is 0.398 e. The van der Waals surface area contributed by atoms with Crippen molar-refractivity contribution in [3.05, 3.63) is 53.6 Å². The smallest absolute Gasteiger partial charge is 0.207 e. The molecule has 2 N–H and O–H groups in total. The monoisotopic (exact) mass is 350 g/mol. The Balaban J connectivity index is 2.68. The van der Waals surface area contributed by atoms with Crippen LogP contribution < -0.4 is 5.73 Å². The number of halogens is 1. The predicted molar refractivity (Wildman–Crippen MR) is 80.1 cm³/mol. The molecule has 2 aromatic rings. The molecule has 0 bridgehead atoms. The number of hydrogen-bond donors (Lipinski definition) is 1. The molecule has 2 aromatic carbocycles. The lowest BCUT2D eigenvalue weighted by Crippen LogP contribution is -2.06. The maximum absolute atomic E-state index is 12.6. The summed E-state index contributed by atoms with van der Waals surface area (Å²) in [7, 11) is -3.76. The van der Waals surface area contributed by atoms with Crippen molar-refractivity contribution in [2.75, 3.05) is 5.73 Å². The van der Waals surface area contributed by atoms with Crippen molar-refractivity contribution < 1.29 is 8.42 Å². The van der Waals surface area contributed by atoms with E-state index in [-0.39, 0.29) is 21.0 Å². The summed E-state index contributed by atoms with van der Waals surface area (Å²) in [4.78, 5) is 0.0864. The van der Waals surface area contributed by atoms with Crippen LogP contribution in [-0.2, 0) is 15.2 Å². The van der Waals surface area contributed by atoms with Crippen LogP contribution in [0.3, 0.4) is 0 Å². The zero-order valence-corrected chi connectivity index (χ0v) is 12.8. The third kappa shape index (κ3) is 2.55. The number of nitrogens with two attached hydrogens (primary N) is 1. The van der Waals surface area contributed by atoms with Gasteiger partial charge in [0, 0.05) is 5.33 Å². The molecule has 0 fully saturated rings. The van der Waals surface area contributed by atoms with Gasteiger partial charge in [0.2, 0.25) is 9.84 Å². The molecule has 0 amide bonds. The van der Waals surface area contributed by atoms with Gasteiger partial charge in [0.05, 0.1) is 21.0 Å². The Morgan fingerprint density at radius 2 is 1.90 bits per heavy atom. The van der Waals surface area contributed by atoms with Gasteiger partial charge in [0.15, 0.2) is 0 Å². The summed E-state index contributed by atoms with van der Waals surface area (Å²) < 4.78 is 25.2. The Morgan fingerprint density at radius 3 is 2.55 bits per heavy atom. The van der Waals surface area contributed by atoms with Crippen LogP contribution in [-0.4, -0.2) is 8.42 Å². The Morgan fingerprint density at radius 1 is 1.20 bits per heavy atom. The van der Waals surface area contributed by atoms with E-state index < -0.39 is 9.84 Å². The molecular weight excluding hydrogens is 340 g/mol. The lowest BCUT2D eigenvalue weighted by atomic mass is 10.2. The fourth-order valence-electron chi connectivity index (χ4n) is 1.81. The second-order valence-corrected chi connectivity index (χ2v) is 6.60. The molecule has 20 heavy (non-hydrogen) atoms. The van der Waals surface area contributed by atoms with E-state index in [4.69, 9.17) is 11.0 Å². The van der Waals surface area contributed by atoms with E-state index in [0.29, 0.717) is 5.33 Å². The minimum Gasteiger partial charge on any atom is -0.398 e. The van der Waals surface area contributed by atoms with Crippen molar-refractivity contribution in [1.29, 1.82) is 5.26 Å². The van der Waals surface area contributed by atoms with Crippen molar-refractivity contribution in [2.45, 2.75) is 15.1 Å². The summed E-state index contributed by atoms with van der Waals surface area (Å²) in [6.45, 7) is 0. The second kappa shape index (κ2) is 5.65. The number of rotatable bonds is 3. The van der Waals surface area contributed by atoms with Crippen molar-refractivity contribution >= 4 is 31.5 Å². The van der Waals surface area contributed by atoms with Crippen molar-refractivity contribution in [1.82, 2.24) is 0 Å². The zero-order valence-electron chi connectivity index (χ0n) is 10.4. The molecule has 4 nitrogen and oxygen atoms in total. The molecule has 6 heteroatoms. The summed E-state index contributed by atoms with van der Waals surface area (Å²) in [5, 5.41) is 9.66. The van der Waals surface area contributed by atoms with Crippen molar-refractivity contribution in [2.24, 2.45) is 0 Å². The van der Waals surface area contributed by atoms with Gasteiger partial charge in [-0.1, -0.05) is 34.1 Å². The van der Waals surface area contributed by atoms with Gasteiger partial charge in [-0.3, -0.25) is 0 Å². The molecule has 0 aliphatic carbocycles. The first-order chi connectivity index (χ1) is 9.50.